The van der Waals surface area contributed by atoms with Crippen molar-refractivity contribution in [2.75, 3.05) is 19.0 Å². The fourth-order valence-electron chi connectivity index (χ4n) is 2.35. The third-order valence-corrected chi connectivity index (χ3v) is 3.77. The van der Waals surface area contributed by atoms with E-state index in [1.807, 2.05) is 49.0 Å². The molecule has 102 valence electrons. The molecule has 0 fully saturated rings. The average Bonchev–Trinajstić information content (AvgIpc) is 2.73. The van der Waals surface area contributed by atoms with Crippen molar-refractivity contribution in [3.8, 4) is 5.69 Å². The molecule has 0 spiro atoms. The summed E-state index contributed by atoms with van der Waals surface area (Å²) in [4.78, 5) is 5.28. The number of para-hydroxylation sites is 2. The number of hydrogen-bond acceptors (Lipinski definition) is 2. The maximum absolute atomic E-state index is 6.04. The largest absolute Gasteiger partial charge is 0.376 e. The normalized spacial score (nSPS) is 10.9. The number of aromatic amines is 1. The molecule has 20 heavy (non-hydrogen) atoms. The first-order chi connectivity index (χ1) is 9.58. The zero-order valence-corrected chi connectivity index (χ0v) is 12.8. The number of halogens is 1. The van der Waals surface area contributed by atoms with Crippen molar-refractivity contribution in [3.63, 3.8) is 0 Å². The number of imidazole rings is 1. The molecule has 0 saturated heterocycles. The zero-order chi connectivity index (χ0) is 14.3. The van der Waals surface area contributed by atoms with Gasteiger partial charge in [0.05, 0.1) is 22.4 Å². The highest BCUT2D eigenvalue weighted by Crippen LogP contribution is 2.28. The lowest BCUT2D eigenvalue weighted by molar-refractivity contribution is 1.03. The van der Waals surface area contributed by atoms with E-state index in [4.69, 9.17) is 23.8 Å². The van der Waals surface area contributed by atoms with E-state index in [2.05, 4.69) is 22.0 Å². The Hall–Kier alpha value is -1.78. The highest BCUT2D eigenvalue weighted by atomic mass is 35.5. The number of aromatic nitrogens is 2. The third-order valence-electron chi connectivity index (χ3n) is 3.25. The van der Waals surface area contributed by atoms with Crippen molar-refractivity contribution >= 4 is 40.5 Å². The quantitative estimate of drug-likeness (QED) is 0.709. The molecule has 0 unspecified atom stereocenters. The van der Waals surface area contributed by atoms with Crippen molar-refractivity contribution in [1.29, 1.82) is 0 Å². The van der Waals surface area contributed by atoms with E-state index >= 15 is 0 Å². The summed E-state index contributed by atoms with van der Waals surface area (Å²) in [5.41, 5.74) is 4.13. The number of H-pyrrole nitrogens is 1. The topological polar surface area (TPSA) is 24.0 Å². The second kappa shape index (κ2) is 4.96. The number of anilines is 1. The Morgan fingerprint density at radius 2 is 1.90 bits per heavy atom. The zero-order valence-electron chi connectivity index (χ0n) is 11.2. The van der Waals surface area contributed by atoms with Crippen LogP contribution in [0.25, 0.3) is 16.7 Å². The van der Waals surface area contributed by atoms with E-state index in [0.29, 0.717) is 9.79 Å². The summed E-state index contributed by atoms with van der Waals surface area (Å²) in [7, 11) is 4.04. The fraction of sp³-hybridized carbons (Fsp3) is 0.133. The van der Waals surface area contributed by atoms with E-state index < -0.39 is 0 Å². The summed E-state index contributed by atoms with van der Waals surface area (Å²) >= 11 is 11.5. The SMILES string of the molecule is CN(C)c1ccccc1-n1c(=S)[nH]c2cc(Cl)ccc21. The van der Waals surface area contributed by atoms with E-state index in [-0.39, 0.29) is 0 Å². The van der Waals surface area contributed by atoms with E-state index in [1.54, 1.807) is 0 Å². The van der Waals surface area contributed by atoms with Gasteiger partial charge < -0.3 is 9.88 Å². The number of benzene rings is 2. The number of rotatable bonds is 2. The summed E-state index contributed by atoms with van der Waals surface area (Å²) in [6, 6.07) is 13.9. The second-order valence-corrected chi connectivity index (χ2v) is 5.63. The Balaban J connectivity index is 2.36. The smallest absolute Gasteiger partial charge is 0.182 e. The van der Waals surface area contributed by atoms with Gasteiger partial charge in [0.15, 0.2) is 4.77 Å². The molecule has 0 aliphatic carbocycles. The Kier molecular flexibility index (Phi) is 3.28. The molecule has 0 atom stereocenters. The highest BCUT2D eigenvalue weighted by Gasteiger charge is 2.11. The van der Waals surface area contributed by atoms with Gasteiger partial charge in [-0.1, -0.05) is 23.7 Å². The third kappa shape index (κ3) is 2.11. The summed E-state index contributed by atoms with van der Waals surface area (Å²) in [6.45, 7) is 0. The summed E-state index contributed by atoms with van der Waals surface area (Å²) in [5.74, 6) is 0. The Bertz CT molecular complexity index is 832. The van der Waals surface area contributed by atoms with Crippen LogP contribution in [-0.2, 0) is 0 Å². The molecule has 5 heteroatoms. The Morgan fingerprint density at radius 1 is 1.15 bits per heavy atom. The van der Waals surface area contributed by atoms with Crippen molar-refractivity contribution in [3.05, 3.63) is 52.3 Å². The van der Waals surface area contributed by atoms with Crippen LogP contribution in [-0.4, -0.2) is 23.6 Å². The minimum atomic E-state index is 0.663. The van der Waals surface area contributed by atoms with Gasteiger partial charge in [-0.25, -0.2) is 0 Å². The number of nitrogens with zero attached hydrogens (tertiary/aromatic N) is 2. The first-order valence-corrected chi connectivity index (χ1v) is 7.03. The molecule has 0 amide bonds. The van der Waals surface area contributed by atoms with Gasteiger partial charge in [0, 0.05) is 19.1 Å². The van der Waals surface area contributed by atoms with E-state index in [1.165, 1.54) is 0 Å². The fourth-order valence-corrected chi connectivity index (χ4v) is 2.83. The summed E-state index contributed by atoms with van der Waals surface area (Å²) < 4.78 is 2.70. The lowest BCUT2D eigenvalue weighted by atomic mass is 10.2. The molecule has 2 aromatic carbocycles. The molecule has 1 aromatic heterocycles. The molecule has 3 nitrogen and oxygen atoms in total. The number of hydrogen-bond donors (Lipinski definition) is 1. The molecule has 0 bridgehead atoms. The predicted molar refractivity (Wildman–Crippen MR) is 87.8 cm³/mol. The van der Waals surface area contributed by atoms with Crippen LogP contribution in [0.1, 0.15) is 0 Å². The van der Waals surface area contributed by atoms with Crippen molar-refractivity contribution in [2.45, 2.75) is 0 Å². The van der Waals surface area contributed by atoms with Crippen LogP contribution >= 0.6 is 23.8 Å². The van der Waals surface area contributed by atoms with E-state index in [9.17, 15) is 0 Å². The van der Waals surface area contributed by atoms with Gasteiger partial charge in [0.25, 0.3) is 0 Å². The minimum Gasteiger partial charge on any atom is -0.376 e. The number of fused-ring (bicyclic) bond motifs is 1. The van der Waals surface area contributed by atoms with Crippen LogP contribution in [0.2, 0.25) is 5.02 Å². The highest BCUT2D eigenvalue weighted by molar-refractivity contribution is 7.71. The van der Waals surface area contributed by atoms with Crippen LogP contribution in [0, 0.1) is 4.77 Å². The van der Waals surface area contributed by atoms with Crippen LogP contribution in [0.15, 0.2) is 42.5 Å². The van der Waals surface area contributed by atoms with Crippen molar-refractivity contribution in [2.24, 2.45) is 0 Å². The molecule has 0 aliphatic rings. The first-order valence-electron chi connectivity index (χ1n) is 6.25. The van der Waals surface area contributed by atoms with Crippen molar-refractivity contribution < 1.29 is 0 Å². The number of nitrogens with one attached hydrogen (secondary N) is 1. The second-order valence-electron chi connectivity index (χ2n) is 4.81. The van der Waals surface area contributed by atoms with Crippen LogP contribution in [0.5, 0.6) is 0 Å². The molecule has 3 aromatic rings. The molecule has 0 aliphatic heterocycles. The molecule has 3 rings (SSSR count). The monoisotopic (exact) mass is 303 g/mol. The lowest BCUT2D eigenvalue weighted by Gasteiger charge is -2.18. The van der Waals surface area contributed by atoms with Crippen LogP contribution < -0.4 is 4.90 Å². The van der Waals surface area contributed by atoms with Crippen LogP contribution in [0.4, 0.5) is 5.69 Å². The van der Waals surface area contributed by atoms with Gasteiger partial charge in [0.1, 0.15) is 0 Å². The van der Waals surface area contributed by atoms with Gasteiger partial charge in [-0.05, 0) is 42.5 Å². The maximum Gasteiger partial charge on any atom is 0.182 e. The van der Waals surface area contributed by atoms with Gasteiger partial charge in [0.2, 0.25) is 0 Å². The van der Waals surface area contributed by atoms with Gasteiger partial charge in [-0.3, -0.25) is 4.57 Å². The van der Waals surface area contributed by atoms with Gasteiger partial charge in [-0.2, -0.15) is 0 Å². The predicted octanol–water partition coefficient (Wildman–Crippen LogP) is 4.41. The van der Waals surface area contributed by atoms with Gasteiger partial charge in [-0.15, -0.1) is 0 Å². The average molecular weight is 304 g/mol. The van der Waals surface area contributed by atoms with E-state index in [0.717, 1.165) is 22.4 Å². The molecule has 0 saturated carbocycles. The first kappa shape index (κ1) is 13.2. The summed E-state index contributed by atoms with van der Waals surface area (Å²) in [5, 5.41) is 0.696. The standard InChI is InChI=1S/C15H14ClN3S/c1-18(2)13-5-3-4-6-14(13)19-12-8-7-10(16)9-11(12)17-15(19)20/h3-9H,1-2H3,(H,17,20). The Morgan fingerprint density at radius 3 is 2.65 bits per heavy atom. The molecule has 1 N–H and O–H groups in total. The lowest BCUT2D eigenvalue weighted by Crippen LogP contribution is -2.12. The molecule has 0 radical (unpaired) electrons. The Labute approximate surface area is 127 Å². The molecular formula is C15H14ClN3S. The maximum atomic E-state index is 6.04. The summed E-state index contributed by atoms with van der Waals surface area (Å²) in [6.07, 6.45) is 0. The van der Waals surface area contributed by atoms with Gasteiger partial charge >= 0.3 is 0 Å². The van der Waals surface area contributed by atoms with Crippen LogP contribution in [0.3, 0.4) is 0 Å². The molecular weight excluding hydrogens is 290 g/mol. The van der Waals surface area contributed by atoms with Crippen molar-refractivity contribution in [1.82, 2.24) is 9.55 Å². The molecule has 1 heterocycles. The minimum absolute atomic E-state index is 0.663.